The van der Waals surface area contributed by atoms with Gasteiger partial charge in [0.05, 0.1) is 7.11 Å². The van der Waals surface area contributed by atoms with E-state index >= 15 is 0 Å². The molecule has 7 nitrogen and oxygen atoms in total. The molecule has 0 bridgehead atoms. The number of aliphatic hydroxyl groups is 1. The lowest BCUT2D eigenvalue weighted by atomic mass is 10.1. The largest absolute Gasteiger partial charge is 0.497 e. The Morgan fingerprint density at radius 3 is 2.96 bits per heavy atom. The van der Waals surface area contributed by atoms with Crippen molar-refractivity contribution in [2.24, 2.45) is 0 Å². The molecule has 0 aliphatic carbocycles. The highest BCUT2D eigenvalue weighted by Gasteiger charge is 2.27. The molecule has 0 saturated carbocycles. The number of aromatic nitrogens is 2. The molecule has 0 spiro atoms. The molecule has 3 rings (SSSR count). The summed E-state index contributed by atoms with van der Waals surface area (Å²) in [6.45, 7) is 3.57. The fourth-order valence-corrected chi connectivity index (χ4v) is 3.28. The second-order valence-electron chi connectivity index (χ2n) is 6.21. The molecular weight excluding hydrogens is 318 g/mol. The van der Waals surface area contributed by atoms with Gasteiger partial charge >= 0.3 is 0 Å². The van der Waals surface area contributed by atoms with E-state index in [0.717, 1.165) is 44.2 Å². The summed E-state index contributed by atoms with van der Waals surface area (Å²) in [5.74, 6) is 2.00. The molecule has 0 radical (unpaired) electrons. The molecule has 1 fully saturated rings. The Bertz CT molecular complexity index is 697. The number of anilines is 2. The van der Waals surface area contributed by atoms with E-state index < -0.39 is 0 Å². The van der Waals surface area contributed by atoms with E-state index in [0.29, 0.717) is 0 Å². The van der Waals surface area contributed by atoms with Crippen LogP contribution in [0.2, 0.25) is 0 Å². The third-order valence-electron chi connectivity index (χ3n) is 4.57. The molecule has 7 heteroatoms. The van der Waals surface area contributed by atoms with Crippen molar-refractivity contribution in [3.8, 4) is 5.75 Å². The molecule has 1 aromatic heterocycles. The van der Waals surface area contributed by atoms with Gasteiger partial charge in [-0.15, -0.1) is 0 Å². The van der Waals surface area contributed by atoms with Crippen LogP contribution in [-0.4, -0.2) is 59.4 Å². The summed E-state index contributed by atoms with van der Waals surface area (Å²) in [4.78, 5) is 12.9. The number of nitrogens with two attached hydrogens (primary N) is 1. The number of methoxy groups -OCH3 is 1. The Balaban J connectivity index is 1.71. The van der Waals surface area contributed by atoms with Crippen molar-refractivity contribution in [1.29, 1.82) is 0 Å². The minimum atomic E-state index is 0.166. The minimum Gasteiger partial charge on any atom is -0.497 e. The van der Waals surface area contributed by atoms with Crippen molar-refractivity contribution < 1.29 is 9.84 Å². The summed E-state index contributed by atoms with van der Waals surface area (Å²) in [5, 5.41) is 9.47. The number of rotatable bonds is 6. The van der Waals surface area contributed by atoms with Gasteiger partial charge in [-0.05, 0) is 30.2 Å². The quantitative estimate of drug-likeness (QED) is 0.813. The number of aliphatic hydroxyl groups excluding tert-OH is 1. The van der Waals surface area contributed by atoms with E-state index in [-0.39, 0.29) is 18.6 Å². The summed E-state index contributed by atoms with van der Waals surface area (Å²) in [6, 6.07) is 10.3. The van der Waals surface area contributed by atoms with Gasteiger partial charge in [-0.25, -0.2) is 4.98 Å². The van der Waals surface area contributed by atoms with Crippen molar-refractivity contribution in [3.63, 3.8) is 0 Å². The van der Waals surface area contributed by atoms with E-state index in [9.17, 15) is 5.11 Å². The van der Waals surface area contributed by atoms with E-state index in [1.165, 1.54) is 5.56 Å². The number of nitrogen functional groups attached to an aromatic ring is 1. The summed E-state index contributed by atoms with van der Waals surface area (Å²) < 4.78 is 5.31. The lowest BCUT2D eigenvalue weighted by Crippen LogP contribution is -2.53. The number of hydrogen-bond donors (Lipinski definition) is 2. The number of benzene rings is 1. The van der Waals surface area contributed by atoms with Crippen LogP contribution in [0.4, 0.5) is 11.8 Å². The Labute approximate surface area is 148 Å². The predicted octanol–water partition coefficient (Wildman–Crippen LogP) is 1.14. The first-order valence-corrected chi connectivity index (χ1v) is 8.51. The molecule has 3 N–H and O–H groups in total. The summed E-state index contributed by atoms with van der Waals surface area (Å²) in [7, 11) is 1.68. The standard InChI is InChI=1S/C18H25N5O2/c1-25-16-4-2-3-14(11-16)12-22-8-9-23(13-15(22)6-10-24)17-5-7-20-18(19)21-17/h2-5,7,11,15,24H,6,8-10,12-13H2,1H3,(H2,19,20,21)/t15-/m0/s1. The Kier molecular flexibility index (Phi) is 5.67. The van der Waals surface area contributed by atoms with Gasteiger partial charge in [-0.2, -0.15) is 4.98 Å². The van der Waals surface area contributed by atoms with Crippen LogP contribution in [0.3, 0.4) is 0 Å². The van der Waals surface area contributed by atoms with Gasteiger partial charge in [-0.1, -0.05) is 12.1 Å². The molecule has 134 valence electrons. The van der Waals surface area contributed by atoms with Crippen molar-refractivity contribution in [1.82, 2.24) is 14.9 Å². The maximum absolute atomic E-state index is 9.47. The van der Waals surface area contributed by atoms with Crippen LogP contribution < -0.4 is 15.4 Å². The molecule has 1 aliphatic heterocycles. The van der Waals surface area contributed by atoms with Gasteiger partial charge in [0, 0.05) is 45.0 Å². The zero-order chi connectivity index (χ0) is 17.6. The van der Waals surface area contributed by atoms with Crippen molar-refractivity contribution >= 4 is 11.8 Å². The fraction of sp³-hybridized carbons (Fsp3) is 0.444. The number of piperazine rings is 1. The van der Waals surface area contributed by atoms with Gasteiger partial charge in [0.2, 0.25) is 5.95 Å². The fourth-order valence-electron chi connectivity index (χ4n) is 3.28. The Morgan fingerprint density at radius 2 is 2.20 bits per heavy atom. The van der Waals surface area contributed by atoms with E-state index in [1.807, 2.05) is 18.2 Å². The molecule has 0 amide bonds. The van der Waals surface area contributed by atoms with Gasteiger partial charge in [0.15, 0.2) is 0 Å². The highest BCUT2D eigenvalue weighted by molar-refractivity contribution is 5.41. The number of ether oxygens (including phenoxy) is 1. The molecule has 0 unspecified atom stereocenters. The Morgan fingerprint density at radius 1 is 1.32 bits per heavy atom. The smallest absolute Gasteiger partial charge is 0.221 e. The SMILES string of the molecule is COc1cccc(CN2CCN(c3ccnc(N)n3)C[C@@H]2CCO)c1. The monoisotopic (exact) mass is 343 g/mol. The molecule has 2 aromatic rings. The van der Waals surface area contributed by atoms with Crippen LogP contribution >= 0.6 is 0 Å². The summed E-state index contributed by atoms with van der Waals surface area (Å²) in [6.07, 6.45) is 2.41. The second kappa shape index (κ2) is 8.13. The second-order valence-corrected chi connectivity index (χ2v) is 6.21. The summed E-state index contributed by atoms with van der Waals surface area (Å²) >= 11 is 0. The first-order valence-electron chi connectivity index (χ1n) is 8.51. The maximum Gasteiger partial charge on any atom is 0.221 e. The maximum atomic E-state index is 9.47. The van der Waals surface area contributed by atoms with E-state index in [4.69, 9.17) is 10.5 Å². The first-order chi connectivity index (χ1) is 12.2. The average molecular weight is 343 g/mol. The Hall–Kier alpha value is -2.38. The van der Waals surface area contributed by atoms with Crippen LogP contribution in [0.1, 0.15) is 12.0 Å². The zero-order valence-corrected chi connectivity index (χ0v) is 14.5. The molecule has 1 aromatic carbocycles. The zero-order valence-electron chi connectivity index (χ0n) is 14.5. The highest BCUT2D eigenvalue weighted by atomic mass is 16.5. The lowest BCUT2D eigenvalue weighted by Gasteiger charge is -2.42. The average Bonchev–Trinajstić information content (AvgIpc) is 2.63. The first kappa shape index (κ1) is 17.4. The molecule has 1 atom stereocenters. The molecule has 1 aliphatic rings. The topological polar surface area (TPSA) is 87.7 Å². The third-order valence-corrected chi connectivity index (χ3v) is 4.57. The van der Waals surface area contributed by atoms with Crippen molar-refractivity contribution in [2.45, 2.75) is 19.0 Å². The van der Waals surface area contributed by atoms with Crippen LogP contribution in [-0.2, 0) is 6.54 Å². The normalized spacial score (nSPS) is 18.3. The van der Waals surface area contributed by atoms with E-state index in [2.05, 4.69) is 31.9 Å². The van der Waals surface area contributed by atoms with Crippen LogP contribution in [0.5, 0.6) is 5.75 Å². The molecule has 25 heavy (non-hydrogen) atoms. The molecular formula is C18H25N5O2. The summed E-state index contributed by atoms with van der Waals surface area (Å²) in [5.41, 5.74) is 6.91. The van der Waals surface area contributed by atoms with Crippen molar-refractivity contribution in [3.05, 3.63) is 42.1 Å². The number of hydrogen-bond acceptors (Lipinski definition) is 7. The van der Waals surface area contributed by atoms with Crippen LogP contribution in [0, 0.1) is 0 Å². The molecule has 2 heterocycles. The lowest BCUT2D eigenvalue weighted by molar-refractivity contribution is 0.135. The van der Waals surface area contributed by atoms with Gasteiger partial charge in [0.1, 0.15) is 11.6 Å². The van der Waals surface area contributed by atoms with Gasteiger partial charge in [-0.3, -0.25) is 4.90 Å². The van der Waals surface area contributed by atoms with Crippen LogP contribution in [0.25, 0.3) is 0 Å². The van der Waals surface area contributed by atoms with Gasteiger partial charge in [0.25, 0.3) is 0 Å². The highest BCUT2D eigenvalue weighted by Crippen LogP contribution is 2.22. The predicted molar refractivity (Wildman–Crippen MR) is 97.6 cm³/mol. The van der Waals surface area contributed by atoms with E-state index in [1.54, 1.807) is 13.3 Å². The van der Waals surface area contributed by atoms with Crippen LogP contribution in [0.15, 0.2) is 36.5 Å². The third kappa shape index (κ3) is 4.37. The van der Waals surface area contributed by atoms with Gasteiger partial charge < -0.3 is 20.5 Å². The minimum absolute atomic E-state index is 0.166. The molecule has 1 saturated heterocycles. The van der Waals surface area contributed by atoms with Crippen molar-refractivity contribution in [2.75, 3.05) is 44.0 Å². The number of nitrogens with zero attached hydrogens (tertiary/aromatic N) is 4.